The van der Waals surface area contributed by atoms with E-state index in [1.165, 1.54) is 0 Å². The lowest BCUT2D eigenvalue weighted by Gasteiger charge is -2.35. The fraction of sp³-hybridized carbons (Fsp3) is 0.833. The molecule has 0 aromatic rings. The van der Waals surface area contributed by atoms with Crippen LogP contribution in [0, 0.1) is 11.8 Å². The van der Waals surface area contributed by atoms with Crippen LogP contribution in [-0.4, -0.2) is 60.8 Å². The summed E-state index contributed by atoms with van der Waals surface area (Å²) in [6, 6.07) is 0. The Kier molecular flexibility index (Phi) is 8.87. The summed E-state index contributed by atoms with van der Waals surface area (Å²) in [6.07, 6.45) is 4.22. The Morgan fingerprint density at radius 3 is 2.44 bits per heavy atom. The predicted octanol–water partition coefficient (Wildman–Crippen LogP) is 2.44. The van der Waals surface area contributed by atoms with Crippen molar-refractivity contribution in [3.8, 4) is 0 Å². The number of amides is 1. The van der Waals surface area contributed by atoms with Crippen molar-refractivity contribution in [3.05, 3.63) is 12.0 Å². The number of hydrogen-bond donors (Lipinski definition) is 2. The minimum Gasteiger partial charge on any atom is -0.393 e. The molecule has 2 N–H and O–H groups in total. The van der Waals surface area contributed by atoms with Crippen LogP contribution in [0.1, 0.15) is 44.9 Å². The van der Waals surface area contributed by atoms with E-state index in [0.717, 1.165) is 24.7 Å². The molecule has 1 saturated carbocycles. The van der Waals surface area contributed by atoms with Gasteiger partial charge in [-0.2, -0.15) is 0 Å². The summed E-state index contributed by atoms with van der Waals surface area (Å²) in [7, 11) is -3.36. The van der Waals surface area contributed by atoms with Gasteiger partial charge in [0.1, 0.15) is 0 Å². The average molecular weight is 441 g/mol. The van der Waals surface area contributed by atoms with Gasteiger partial charge < -0.3 is 10.0 Å². The summed E-state index contributed by atoms with van der Waals surface area (Å²) in [6.45, 7) is 5.07. The van der Waals surface area contributed by atoms with Crippen molar-refractivity contribution in [1.29, 1.82) is 0 Å². The Hall–Kier alpha value is -0.340. The van der Waals surface area contributed by atoms with Gasteiger partial charge in [0.15, 0.2) is 0 Å². The van der Waals surface area contributed by atoms with Crippen LogP contribution in [0.5, 0.6) is 0 Å². The molecule has 9 heteroatoms. The lowest BCUT2D eigenvalue weighted by Crippen LogP contribution is -2.40. The second-order valence-electron chi connectivity index (χ2n) is 7.59. The lowest BCUT2D eigenvalue weighted by molar-refractivity contribution is -0.133. The SMILES string of the molecule is C=CS(=O)(=O)NCCC1CCN(C(=O)CCC2CC(Cl)C(Cl)CC2O)CC1. The van der Waals surface area contributed by atoms with Gasteiger partial charge >= 0.3 is 0 Å². The molecule has 0 aromatic heterocycles. The maximum Gasteiger partial charge on any atom is 0.233 e. The van der Waals surface area contributed by atoms with Crippen LogP contribution in [0.3, 0.4) is 0 Å². The van der Waals surface area contributed by atoms with E-state index in [1.807, 2.05) is 4.90 Å². The number of alkyl halides is 2. The maximum atomic E-state index is 12.5. The largest absolute Gasteiger partial charge is 0.393 e. The Morgan fingerprint density at radius 1 is 1.19 bits per heavy atom. The molecule has 1 aliphatic heterocycles. The highest BCUT2D eigenvalue weighted by atomic mass is 35.5. The minimum absolute atomic E-state index is 0.0295. The van der Waals surface area contributed by atoms with Gasteiger partial charge in [0.2, 0.25) is 15.9 Å². The fourth-order valence-electron chi connectivity index (χ4n) is 3.88. The quantitative estimate of drug-likeness (QED) is 0.567. The number of hydrogen-bond acceptors (Lipinski definition) is 4. The van der Waals surface area contributed by atoms with Crippen molar-refractivity contribution in [2.75, 3.05) is 19.6 Å². The van der Waals surface area contributed by atoms with Gasteiger partial charge in [-0.1, -0.05) is 6.58 Å². The molecular formula is C18H30Cl2N2O4S. The Labute approximate surface area is 172 Å². The number of carbonyl (C=O) groups is 1. The zero-order chi connectivity index (χ0) is 20.0. The Balaban J connectivity index is 1.67. The zero-order valence-electron chi connectivity index (χ0n) is 15.5. The van der Waals surface area contributed by atoms with E-state index in [4.69, 9.17) is 23.2 Å². The van der Waals surface area contributed by atoms with E-state index in [0.29, 0.717) is 51.2 Å². The van der Waals surface area contributed by atoms with Crippen LogP contribution in [0.15, 0.2) is 12.0 Å². The van der Waals surface area contributed by atoms with E-state index in [-0.39, 0.29) is 22.6 Å². The third-order valence-corrected chi connectivity index (χ3v) is 7.84. The monoisotopic (exact) mass is 440 g/mol. The number of sulfonamides is 1. The van der Waals surface area contributed by atoms with Crippen molar-refractivity contribution in [2.45, 2.75) is 61.8 Å². The van der Waals surface area contributed by atoms with Crippen molar-refractivity contribution in [2.24, 2.45) is 11.8 Å². The summed E-state index contributed by atoms with van der Waals surface area (Å²) < 4.78 is 25.1. The fourth-order valence-corrected chi connectivity index (χ4v) is 5.01. The number of likely N-dealkylation sites (tertiary alicyclic amines) is 1. The number of halogens is 2. The van der Waals surface area contributed by atoms with Crippen LogP contribution in [0.25, 0.3) is 0 Å². The Morgan fingerprint density at radius 2 is 1.81 bits per heavy atom. The number of nitrogens with one attached hydrogen (secondary N) is 1. The molecule has 1 saturated heterocycles. The Bertz CT molecular complexity index is 608. The molecule has 0 spiro atoms. The van der Waals surface area contributed by atoms with E-state index in [1.54, 1.807) is 0 Å². The average Bonchev–Trinajstić information content (AvgIpc) is 2.64. The van der Waals surface area contributed by atoms with E-state index >= 15 is 0 Å². The molecule has 1 aliphatic carbocycles. The van der Waals surface area contributed by atoms with Crippen LogP contribution in [-0.2, 0) is 14.8 Å². The first kappa shape index (κ1) is 22.9. The molecule has 1 amide bonds. The number of nitrogens with zero attached hydrogens (tertiary/aromatic N) is 1. The molecule has 0 bridgehead atoms. The maximum absolute atomic E-state index is 12.5. The first-order valence-corrected chi connectivity index (χ1v) is 12.0. The summed E-state index contributed by atoms with van der Waals surface area (Å²) in [5.41, 5.74) is 0. The van der Waals surface area contributed by atoms with E-state index in [2.05, 4.69) is 11.3 Å². The molecule has 156 valence electrons. The third-order valence-electron chi connectivity index (χ3n) is 5.70. The van der Waals surface area contributed by atoms with Crippen LogP contribution < -0.4 is 4.72 Å². The van der Waals surface area contributed by atoms with Gasteiger partial charge in [0, 0.05) is 31.5 Å². The molecule has 0 radical (unpaired) electrons. The summed E-state index contributed by atoms with van der Waals surface area (Å²) in [4.78, 5) is 14.3. The van der Waals surface area contributed by atoms with Gasteiger partial charge in [-0.05, 0) is 50.4 Å². The molecule has 4 atom stereocenters. The molecule has 4 unspecified atom stereocenters. The smallest absolute Gasteiger partial charge is 0.233 e. The molecule has 27 heavy (non-hydrogen) atoms. The molecule has 2 fully saturated rings. The minimum atomic E-state index is -3.36. The highest BCUT2D eigenvalue weighted by molar-refractivity contribution is 7.92. The molecular weight excluding hydrogens is 411 g/mol. The van der Waals surface area contributed by atoms with Crippen molar-refractivity contribution in [1.82, 2.24) is 9.62 Å². The van der Waals surface area contributed by atoms with Gasteiger partial charge in [-0.3, -0.25) is 4.79 Å². The number of piperidine rings is 1. The standard InChI is InChI=1S/C18H30Cl2N2O4S/c1-2-27(25,26)21-8-5-13-6-9-22(10-7-13)18(24)4-3-14-11-15(19)16(20)12-17(14)23/h2,13-17,21,23H,1,3-12H2. The van der Waals surface area contributed by atoms with Gasteiger partial charge in [0.25, 0.3) is 0 Å². The topological polar surface area (TPSA) is 86.7 Å². The number of rotatable bonds is 8. The van der Waals surface area contributed by atoms with Crippen LogP contribution in [0.2, 0.25) is 0 Å². The number of aliphatic hydroxyl groups is 1. The van der Waals surface area contributed by atoms with Crippen LogP contribution >= 0.6 is 23.2 Å². The van der Waals surface area contributed by atoms with Crippen LogP contribution in [0.4, 0.5) is 0 Å². The highest BCUT2D eigenvalue weighted by Gasteiger charge is 2.34. The second kappa shape index (κ2) is 10.4. The summed E-state index contributed by atoms with van der Waals surface area (Å²) in [5, 5.41) is 10.7. The summed E-state index contributed by atoms with van der Waals surface area (Å²) in [5.74, 6) is 0.563. The van der Waals surface area contributed by atoms with E-state index in [9.17, 15) is 18.3 Å². The van der Waals surface area contributed by atoms with Gasteiger partial charge in [-0.15, -0.1) is 23.2 Å². The first-order valence-electron chi connectivity index (χ1n) is 9.58. The molecule has 2 aliphatic rings. The molecule has 2 rings (SSSR count). The second-order valence-corrected chi connectivity index (χ2v) is 10.4. The first-order chi connectivity index (χ1) is 12.7. The van der Waals surface area contributed by atoms with Gasteiger partial charge in [0.05, 0.1) is 16.9 Å². The van der Waals surface area contributed by atoms with Crippen molar-refractivity contribution >= 4 is 39.1 Å². The zero-order valence-corrected chi connectivity index (χ0v) is 17.9. The third kappa shape index (κ3) is 7.20. The number of carbonyl (C=O) groups excluding carboxylic acids is 1. The molecule has 1 heterocycles. The normalized spacial score (nSPS) is 30.3. The highest BCUT2D eigenvalue weighted by Crippen LogP contribution is 2.34. The van der Waals surface area contributed by atoms with Crippen molar-refractivity contribution in [3.63, 3.8) is 0 Å². The molecule has 6 nitrogen and oxygen atoms in total. The van der Waals surface area contributed by atoms with Gasteiger partial charge in [-0.25, -0.2) is 13.1 Å². The number of aliphatic hydroxyl groups excluding tert-OH is 1. The molecule has 0 aromatic carbocycles. The lowest BCUT2D eigenvalue weighted by atomic mass is 9.83. The van der Waals surface area contributed by atoms with E-state index < -0.39 is 16.1 Å². The summed E-state index contributed by atoms with van der Waals surface area (Å²) >= 11 is 12.3. The van der Waals surface area contributed by atoms with Crippen molar-refractivity contribution < 1.29 is 18.3 Å². The predicted molar refractivity (Wildman–Crippen MR) is 108 cm³/mol.